The number of hydrogen-bond acceptors (Lipinski definition) is 2. The van der Waals surface area contributed by atoms with Crippen molar-refractivity contribution in [1.29, 1.82) is 0 Å². The van der Waals surface area contributed by atoms with Crippen LogP contribution in [0.5, 0.6) is 0 Å². The highest BCUT2D eigenvalue weighted by atomic mass is 32.2. The van der Waals surface area contributed by atoms with Gasteiger partial charge in [0.1, 0.15) is 0 Å². The van der Waals surface area contributed by atoms with Crippen molar-refractivity contribution in [3.63, 3.8) is 0 Å². The molecule has 25 heavy (non-hydrogen) atoms. The van der Waals surface area contributed by atoms with E-state index < -0.39 is 0 Å². The average Bonchev–Trinajstić information content (AvgIpc) is 2.70. The minimum absolute atomic E-state index is 0.594. The smallest absolute Gasteiger partial charge is 0.237 e. The molecular weight excluding hydrogens is 344 g/mol. The quantitative estimate of drug-likeness (QED) is 0.454. The summed E-state index contributed by atoms with van der Waals surface area (Å²) in [7, 11) is 0. The molecule has 2 aliphatic heterocycles. The summed E-state index contributed by atoms with van der Waals surface area (Å²) < 4.78 is 8.25. The summed E-state index contributed by atoms with van der Waals surface area (Å²) >= 11 is 4.34. The molecule has 1 nitrogen and oxygen atoms in total. The summed E-state index contributed by atoms with van der Waals surface area (Å²) in [5, 5.41) is 0. The van der Waals surface area contributed by atoms with Gasteiger partial charge in [-0.05, 0) is 75.0 Å². The molecule has 2 aliphatic carbocycles. The first-order chi connectivity index (χ1) is 12.3. The third-order valence-electron chi connectivity index (χ3n) is 7.48. The normalized spacial score (nSPS) is 43.5. The molecule has 2 unspecified atom stereocenters. The Labute approximate surface area is 163 Å². The van der Waals surface area contributed by atoms with Gasteiger partial charge in [0.05, 0.1) is 12.7 Å². The molecular formula is C22H37OS2+. The molecule has 0 spiro atoms. The second-order valence-electron chi connectivity index (χ2n) is 9.21. The first-order valence-electron chi connectivity index (χ1n) is 11.0. The van der Waals surface area contributed by atoms with Gasteiger partial charge in [-0.3, -0.25) is 0 Å². The molecule has 0 amide bonds. The lowest BCUT2D eigenvalue weighted by molar-refractivity contribution is -0.0723. The van der Waals surface area contributed by atoms with Crippen LogP contribution in [0.4, 0.5) is 0 Å². The molecule has 142 valence electrons. The molecule has 0 radical (unpaired) electrons. The Kier molecular flexibility index (Phi) is 6.80. The Morgan fingerprint density at radius 3 is 2.20 bits per heavy atom. The molecule has 4 aliphatic rings. The Morgan fingerprint density at radius 1 is 0.840 bits per heavy atom. The molecule has 3 heteroatoms. The standard InChI is InChI=1S/C22H37OS2/c1-16-3-5-17(6-4-16)20-11-12-21(23-15-20)18-7-9-19(10-8-18)22-24-13-2-14-25-22/h16-21H,2-15H2,1H3/q+1. The highest BCUT2D eigenvalue weighted by Crippen LogP contribution is 2.41. The molecule has 0 bridgehead atoms. The zero-order chi connectivity index (χ0) is 17.1. The van der Waals surface area contributed by atoms with Crippen molar-refractivity contribution in [2.24, 2.45) is 29.6 Å². The SMILES string of the molecule is CC1CCC(C2CCC(C3CCC(C4=[S+]CCCS4)CC3)OC2)CC1. The van der Waals surface area contributed by atoms with Gasteiger partial charge in [0.2, 0.25) is 4.20 Å². The monoisotopic (exact) mass is 381 g/mol. The largest absolute Gasteiger partial charge is 0.378 e. The van der Waals surface area contributed by atoms with Crippen molar-refractivity contribution in [2.75, 3.05) is 18.1 Å². The van der Waals surface area contributed by atoms with E-state index in [9.17, 15) is 0 Å². The maximum Gasteiger partial charge on any atom is 0.237 e. The maximum atomic E-state index is 6.47. The summed E-state index contributed by atoms with van der Waals surface area (Å²) in [6, 6.07) is 0. The van der Waals surface area contributed by atoms with Crippen molar-refractivity contribution in [3.8, 4) is 0 Å². The van der Waals surface area contributed by atoms with Gasteiger partial charge in [-0.1, -0.05) is 31.5 Å². The number of thioether (sulfide) groups is 1. The fourth-order valence-corrected chi connectivity index (χ4v) is 8.64. The van der Waals surface area contributed by atoms with Crippen LogP contribution in [0.3, 0.4) is 0 Å². The average molecular weight is 382 g/mol. The van der Waals surface area contributed by atoms with Gasteiger partial charge in [-0.2, -0.15) is 0 Å². The first-order valence-corrected chi connectivity index (χ1v) is 13.0. The molecule has 1 saturated heterocycles. The third-order valence-corrected chi connectivity index (χ3v) is 10.4. The van der Waals surface area contributed by atoms with Gasteiger partial charge < -0.3 is 4.74 Å². The Bertz CT molecular complexity index is 439. The molecule has 2 atom stereocenters. The number of rotatable bonds is 3. The zero-order valence-corrected chi connectivity index (χ0v) is 17.7. The summed E-state index contributed by atoms with van der Waals surface area (Å²) in [5.41, 5.74) is 0. The van der Waals surface area contributed by atoms with Gasteiger partial charge in [-0.15, -0.1) is 0 Å². The van der Waals surface area contributed by atoms with Crippen molar-refractivity contribution >= 4 is 27.3 Å². The molecule has 0 aromatic rings. The molecule has 2 saturated carbocycles. The Hall–Kier alpha value is 0.400. The molecule has 0 N–H and O–H groups in total. The minimum Gasteiger partial charge on any atom is -0.378 e. The van der Waals surface area contributed by atoms with Crippen LogP contribution in [0.15, 0.2) is 0 Å². The van der Waals surface area contributed by atoms with Crippen molar-refractivity contribution in [3.05, 3.63) is 0 Å². The van der Waals surface area contributed by atoms with Gasteiger partial charge in [0.15, 0.2) is 17.1 Å². The highest BCUT2D eigenvalue weighted by molar-refractivity contribution is 8.23. The van der Waals surface area contributed by atoms with Gasteiger partial charge >= 0.3 is 0 Å². The lowest BCUT2D eigenvalue weighted by Crippen LogP contribution is -2.37. The highest BCUT2D eigenvalue weighted by Gasteiger charge is 2.37. The summed E-state index contributed by atoms with van der Waals surface area (Å²) in [6.07, 6.45) is 16.4. The minimum atomic E-state index is 0.594. The van der Waals surface area contributed by atoms with Crippen LogP contribution in [0.2, 0.25) is 0 Å². The zero-order valence-electron chi connectivity index (χ0n) is 16.1. The van der Waals surface area contributed by atoms with E-state index in [1.165, 1.54) is 82.1 Å². The number of hydrogen-bond donors (Lipinski definition) is 0. The van der Waals surface area contributed by atoms with Crippen LogP contribution >= 0.6 is 11.8 Å². The van der Waals surface area contributed by atoms with E-state index in [1.54, 1.807) is 4.20 Å². The van der Waals surface area contributed by atoms with E-state index in [0.29, 0.717) is 6.10 Å². The molecule has 0 aromatic carbocycles. The summed E-state index contributed by atoms with van der Waals surface area (Å²) in [4.78, 5) is 0. The summed E-state index contributed by atoms with van der Waals surface area (Å²) in [6.45, 7) is 3.51. The second-order valence-corrected chi connectivity index (χ2v) is 11.7. The van der Waals surface area contributed by atoms with E-state index in [2.05, 4.69) is 30.0 Å². The van der Waals surface area contributed by atoms with Crippen LogP contribution in [-0.4, -0.2) is 28.4 Å². The Balaban J connectivity index is 1.20. The van der Waals surface area contributed by atoms with Crippen molar-refractivity contribution < 1.29 is 4.74 Å². The van der Waals surface area contributed by atoms with Gasteiger partial charge in [0, 0.05) is 18.1 Å². The topological polar surface area (TPSA) is 9.23 Å². The van der Waals surface area contributed by atoms with E-state index in [-0.39, 0.29) is 0 Å². The second kappa shape index (κ2) is 9.06. The van der Waals surface area contributed by atoms with Crippen molar-refractivity contribution in [2.45, 2.75) is 83.7 Å². The molecule has 4 rings (SSSR count). The van der Waals surface area contributed by atoms with E-state index in [1.807, 2.05) is 0 Å². The van der Waals surface area contributed by atoms with Crippen LogP contribution < -0.4 is 0 Å². The van der Waals surface area contributed by atoms with Gasteiger partial charge in [0.25, 0.3) is 0 Å². The van der Waals surface area contributed by atoms with E-state index in [0.717, 1.165) is 36.2 Å². The molecule has 0 aromatic heterocycles. The van der Waals surface area contributed by atoms with Crippen LogP contribution in [-0.2, 0) is 16.1 Å². The summed E-state index contributed by atoms with van der Waals surface area (Å²) in [5.74, 6) is 7.34. The fraction of sp³-hybridized carbons (Fsp3) is 0.955. The third kappa shape index (κ3) is 4.82. The lowest BCUT2D eigenvalue weighted by atomic mass is 9.72. The van der Waals surface area contributed by atoms with Crippen LogP contribution in [0, 0.1) is 29.6 Å². The Morgan fingerprint density at radius 2 is 1.56 bits per heavy atom. The predicted molar refractivity (Wildman–Crippen MR) is 113 cm³/mol. The maximum absolute atomic E-state index is 6.47. The van der Waals surface area contributed by atoms with E-state index in [4.69, 9.17) is 4.74 Å². The lowest BCUT2D eigenvalue weighted by Gasteiger charge is -2.40. The predicted octanol–water partition coefficient (Wildman–Crippen LogP) is 5.76. The van der Waals surface area contributed by atoms with Crippen LogP contribution in [0.25, 0.3) is 0 Å². The van der Waals surface area contributed by atoms with E-state index >= 15 is 0 Å². The molecule has 2 heterocycles. The van der Waals surface area contributed by atoms with Crippen molar-refractivity contribution in [1.82, 2.24) is 0 Å². The number of ether oxygens (including phenoxy) is 1. The van der Waals surface area contributed by atoms with Crippen LogP contribution in [0.1, 0.15) is 77.6 Å². The molecule has 3 fully saturated rings. The first kappa shape index (κ1) is 18.7. The fourth-order valence-electron chi connectivity index (χ4n) is 5.70. The van der Waals surface area contributed by atoms with Gasteiger partial charge in [-0.25, -0.2) is 0 Å².